The van der Waals surface area contributed by atoms with Gasteiger partial charge in [0.05, 0.1) is 4.90 Å². The van der Waals surface area contributed by atoms with Crippen molar-refractivity contribution in [2.24, 2.45) is 5.73 Å². The SMILES string of the molecule is CN(Cc1ccncc1)S(=O)(=O)c1cccc(CN)c1. The van der Waals surface area contributed by atoms with Gasteiger partial charge < -0.3 is 5.73 Å². The Hall–Kier alpha value is -1.76. The third-order valence-electron chi connectivity index (χ3n) is 3.00. The van der Waals surface area contributed by atoms with Gasteiger partial charge in [0.1, 0.15) is 0 Å². The van der Waals surface area contributed by atoms with Gasteiger partial charge in [0, 0.05) is 32.5 Å². The lowest BCUT2D eigenvalue weighted by molar-refractivity contribution is 0.466. The summed E-state index contributed by atoms with van der Waals surface area (Å²) in [5.74, 6) is 0. The quantitative estimate of drug-likeness (QED) is 0.902. The summed E-state index contributed by atoms with van der Waals surface area (Å²) in [6, 6.07) is 10.3. The van der Waals surface area contributed by atoms with Crippen molar-refractivity contribution in [3.8, 4) is 0 Å². The Morgan fingerprint density at radius 3 is 2.50 bits per heavy atom. The molecule has 0 spiro atoms. The van der Waals surface area contributed by atoms with Crippen LogP contribution in [-0.4, -0.2) is 24.8 Å². The van der Waals surface area contributed by atoms with Gasteiger partial charge in [0.25, 0.3) is 0 Å². The molecule has 0 saturated carbocycles. The summed E-state index contributed by atoms with van der Waals surface area (Å²) < 4.78 is 26.3. The van der Waals surface area contributed by atoms with Crippen LogP contribution in [-0.2, 0) is 23.1 Å². The molecule has 0 aliphatic carbocycles. The van der Waals surface area contributed by atoms with Crippen LogP contribution in [0.15, 0.2) is 53.7 Å². The molecule has 1 aromatic carbocycles. The molecular formula is C14H17N3O2S. The molecule has 5 nitrogen and oxygen atoms in total. The van der Waals surface area contributed by atoms with E-state index >= 15 is 0 Å². The molecule has 0 atom stereocenters. The predicted molar refractivity (Wildman–Crippen MR) is 77.2 cm³/mol. The van der Waals surface area contributed by atoms with Crippen LogP contribution in [0, 0.1) is 0 Å². The summed E-state index contributed by atoms with van der Waals surface area (Å²) in [7, 11) is -1.95. The molecule has 0 bridgehead atoms. The summed E-state index contributed by atoms with van der Waals surface area (Å²) in [6.07, 6.45) is 3.29. The van der Waals surface area contributed by atoms with Crippen molar-refractivity contribution >= 4 is 10.0 Å². The van der Waals surface area contributed by atoms with Crippen LogP contribution in [0.1, 0.15) is 11.1 Å². The van der Waals surface area contributed by atoms with Gasteiger partial charge in [0.2, 0.25) is 10.0 Å². The Morgan fingerprint density at radius 1 is 1.15 bits per heavy atom. The van der Waals surface area contributed by atoms with Gasteiger partial charge >= 0.3 is 0 Å². The lowest BCUT2D eigenvalue weighted by Gasteiger charge is -2.17. The maximum atomic E-state index is 12.5. The highest BCUT2D eigenvalue weighted by Gasteiger charge is 2.20. The van der Waals surface area contributed by atoms with Crippen LogP contribution >= 0.6 is 0 Å². The molecule has 2 N–H and O–H groups in total. The van der Waals surface area contributed by atoms with Crippen molar-refractivity contribution in [1.82, 2.24) is 9.29 Å². The number of nitrogens with two attached hydrogens (primary N) is 1. The zero-order chi connectivity index (χ0) is 14.6. The van der Waals surface area contributed by atoms with Gasteiger partial charge in [-0.1, -0.05) is 12.1 Å². The Morgan fingerprint density at radius 2 is 1.85 bits per heavy atom. The third kappa shape index (κ3) is 3.22. The highest BCUT2D eigenvalue weighted by molar-refractivity contribution is 7.89. The van der Waals surface area contributed by atoms with Crippen LogP contribution < -0.4 is 5.73 Å². The Kier molecular flexibility index (Phi) is 4.49. The molecule has 0 unspecified atom stereocenters. The summed E-state index contributed by atoms with van der Waals surface area (Å²) in [4.78, 5) is 4.17. The first-order valence-electron chi connectivity index (χ1n) is 6.18. The topological polar surface area (TPSA) is 76.3 Å². The molecular weight excluding hydrogens is 274 g/mol. The second kappa shape index (κ2) is 6.13. The second-order valence-electron chi connectivity index (χ2n) is 4.47. The maximum Gasteiger partial charge on any atom is 0.243 e. The lowest BCUT2D eigenvalue weighted by Crippen LogP contribution is -2.26. The van der Waals surface area contributed by atoms with E-state index in [0.29, 0.717) is 13.1 Å². The molecule has 106 valence electrons. The van der Waals surface area contributed by atoms with E-state index in [1.54, 1.807) is 49.8 Å². The number of pyridine rings is 1. The molecule has 0 radical (unpaired) electrons. The van der Waals surface area contributed by atoms with Crippen molar-refractivity contribution in [3.05, 3.63) is 59.9 Å². The number of benzene rings is 1. The second-order valence-corrected chi connectivity index (χ2v) is 6.51. The number of nitrogens with zero attached hydrogens (tertiary/aromatic N) is 2. The third-order valence-corrected chi connectivity index (χ3v) is 4.80. The van der Waals surface area contributed by atoms with Crippen molar-refractivity contribution in [1.29, 1.82) is 0 Å². The van der Waals surface area contributed by atoms with E-state index in [0.717, 1.165) is 11.1 Å². The minimum atomic E-state index is -3.51. The summed E-state index contributed by atoms with van der Waals surface area (Å²) in [6.45, 7) is 0.620. The number of aromatic nitrogens is 1. The zero-order valence-electron chi connectivity index (χ0n) is 11.2. The molecule has 2 aromatic rings. The number of hydrogen-bond donors (Lipinski definition) is 1. The molecule has 20 heavy (non-hydrogen) atoms. The molecule has 6 heteroatoms. The monoisotopic (exact) mass is 291 g/mol. The standard InChI is InChI=1S/C14H17N3O2S/c1-17(11-12-5-7-16-8-6-12)20(18,19)14-4-2-3-13(9-14)10-15/h2-9H,10-11,15H2,1H3. The largest absolute Gasteiger partial charge is 0.326 e. The van der Waals surface area contributed by atoms with Gasteiger partial charge in [-0.05, 0) is 35.4 Å². The van der Waals surface area contributed by atoms with Gasteiger partial charge in [-0.3, -0.25) is 4.98 Å². The molecule has 0 fully saturated rings. The molecule has 2 rings (SSSR count). The minimum Gasteiger partial charge on any atom is -0.326 e. The Labute approximate surface area is 119 Å². The van der Waals surface area contributed by atoms with E-state index in [9.17, 15) is 8.42 Å². The maximum absolute atomic E-state index is 12.5. The lowest BCUT2D eigenvalue weighted by atomic mass is 10.2. The smallest absolute Gasteiger partial charge is 0.243 e. The Balaban J connectivity index is 2.25. The minimum absolute atomic E-state index is 0.261. The highest BCUT2D eigenvalue weighted by atomic mass is 32.2. The number of rotatable bonds is 5. The van der Waals surface area contributed by atoms with E-state index in [2.05, 4.69) is 4.98 Å². The van der Waals surface area contributed by atoms with Gasteiger partial charge in [0.15, 0.2) is 0 Å². The van der Waals surface area contributed by atoms with Gasteiger partial charge in [-0.2, -0.15) is 4.31 Å². The molecule has 0 aliphatic heterocycles. The number of hydrogen-bond acceptors (Lipinski definition) is 4. The average Bonchev–Trinajstić information content (AvgIpc) is 2.48. The van der Waals surface area contributed by atoms with Gasteiger partial charge in [-0.15, -0.1) is 0 Å². The average molecular weight is 291 g/mol. The van der Waals surface area contributed by atoms with Crippen LogP contribution in [0.3, 0.4) is 0 Å². The fourth-order valence-corrected chi connectivity index (χ4v) is 3.07. The summed E-state index contributed by atoms with van der Waals surface area (Å²) >= 11 is 0. The molecule has 0 aliphatic rings. The van der Waals surface area contributed by atoms with Gasteiger partial charge in [-0.25, -0.2) is 8.42 Å². The molecule has 0 amide bonds. The van der Waals surface area contributed by atoms with Crippen LogP contribution in [0.5, 0.6) is 0 Å². The van der Waals surface area contributed by atoms with E-state index in [1.807, 2.05) is 6.07 Å². The fraction of sp³-hybridized carbons (Fsp3) is 0.214. The van der Waals surface area contributed by atoms with Crippen LogP contribution in [0.4, 0.5) is 0 Å². The first-order valence-corrected chi connectivity index (χ1v) is 7.62. The Bertz CT molecular complexity index is 672. The highest BCUT2D eigenvalue weighted by Crippen LogP contribution is 2.17. The first-order chi connectivity index (χ1) is 9.54. The van der Waals surface area contributed by atoms with Crippen molar-refractivity contribution in [2.75, 3.05) is 7.05 Å². The van der Waals surface area contributed by atoms with Crippen molar-refractivity contribution in [3.63, 3.8) is 0 Å². The molecule has 1 aromatic heterocycles. The summed E-state index contributed by atoms with van der Waals surface area (Å²) in [5, 5.41) is 0. The normalized spacial score (nSPS) is 11.8. The molecule has 1 heterocycles. The predicted octanol–water partition coefficient (Wildman–Crippen LogP) is 1.36. The fourth-order valence-electron chi connectivity index (χ4n) is 1.84. The van der Waals surface area contributed by atoms with Crippen LogP contribution in [0.25, 0.3) is 0 Å². The van der Waals surface area contributed by atoms with E-state index in [-0.39, 0.29) is 4.90 Å². The van der Waals surface area contributed by atoms with Crippen LogP contribution in [0.2, 0.25) is 0 Å². The van der Waals surface area contributed by atoms with E-state index in [1.165, 1.54) is 4.31 Å². The number of sulfonamides is 1. The van der Waals surface area contributed by atoms with E-state index in [4.69, 9.17) is 5.73 Å². The first kappa shape index (κ1) is 14.6. The van der Waals surface area contributed by atoms with Crippen molar-refractivity contribution < 1.29 is 8.42 Å². The van der Waals surface area contributed by atoms with E-state index < -0.39 is 10.0 Å². The molecule has 0 saturated heterocycles. The van der Waals surface area contributed by atoms with Crippen molar-refractivity contribution in [2.45, 2.75) is 18.0 Å². The zero-order valence-corrected chi connectivity index (χ0v) is 12.0. The summed E-state index contributed by atoms with van der Waals surface area (Å²) in [5.41, 5.74) is 7.23.